The van der Waals surface area contributed by atoms with Crippen LogP contribution in [0.1, 0.15) is 26.7 Å². The van der Waals surface area contributed by atoms with E-state index in [2.05, 4.69) is 24.5 Å². The maximum absolute atomic E-state index is 12.9. The van der Waals surface area contributed by atoms with E-state index in [1.165, 1.54) is 18.6 Å². The zero-order valence-corrected chi connectivity index (χ0v) is 12.7. The van der Waals surface area contributed by atoms with Crippen LogP contribution < -0.4 is 10.6 Å². The molecule has 1 saturated heterocycles. The molecular weight excluding hydrogens is 269 g/mol. The summed E-state index contributed by atoms with van der Waals surface area (Å²) in [5.74, 6) is 0.104. The van der Waals surface area contributed by atoms with E-state index in [1.54, 1.807) is 12.1 Å². The van der Waals surface area contributed by atoms with Gasteiger partial charge in [-0.25, -0.2) is 9.18 Å². The Labute approximate surface area is 125 Å². The zero-order chi connectivity index (χ0) is 15.2. The molecule has 0 saturated carbocycles. The number of anilines is 1. The third kappa shape index (κ3) is 5.01. The summed E-state index contributed by atoms with van der Waals surface area (Å²) in [6.07, 6.45) is 2.28. The monoisotopic (exact) mass is 293 g/mol. The van der Waals surface area contributed by atoms with Gasteiger partial charge in [-0.15, -0.1) is 0 Å². The minimum absolute atomic E-state index is 0.121. The van der Waals surface area contributed by atoms with Crippen molar-refractivity contribution in [2.75, 3.05) is 25.0 Å². The van der Waals surface area contributed by atoms with Gasteiger partial charge in [-0.3, -0.25) is 0 Å². The van der Waals surface area contributed by atoms with Crippen LogP contribution in [0.4, 0.5) is 14.9 Å². The first-order valence-electron chi connectivity index (χ1n) is 7.59. The quantitative estimate of drug-likeness (QED) is 0.876. The zero-order valence-electron chi connectivity index (χ0n) is 12.7. The summed E-state index contributed by atoms with van der Waals surface area (Å²) in [7, 11) is 0. The van der Waals surface area contributed by atoms with E-state index < -0.39 is 0 Å². The smallest absolute Gasteiger partial charge is 0.321 e. The number of carbonyl (C=O) groups excluding carboxylic acids is 1. The third-order valence-electron chi connectivity index (χ3n) is 3.57. The lowest BCUT2D eigenvalue weighted by Crippen LogP contribution is -2.44. The maximum Gasteiger partial charge on any atom is 0.321 e. The molecule has 0 radical (unpaired) electrons. The first-order chi connectivity index (χ1) is 10.0. The third-order valence-corrected chi connectivity index (χ3v) is 3.57. The fourth-order valence-electron chi connectivity index (χ4n) is 2.60. The van der Waals surface area contributed by atoms with Gasteiger partial charge in [-0.1, -0.05) is 13.8 Å². The largest absolute Gasteiger partial charge is 0.323 e. The lowest BCUT2D eigenvalue weighted by molar-refractivity contribution is 0.198. The van der Waals surface area contributed by atoms with Gasteiger partial charge >= 0.3 is 6.03 Å². The highest BCUT2D eigenvalue weighted by atomic mass is 19.1. The molecule has 0 spiro atoms. The van der Waals surface area contributed by atoms with Gasteiger partial charge in [0.2, 0.25) is 0 Å². The first kappa shape index (κ1) is 15.8. The number of nitrogens with one attached hydrogen (secondary N) is 2. The topological polar surface area (TPSA) is 44.4 Å². The minimum Gasteiger partial charge on any atom is -0.323 e. The number of benzene rings is 1. The Morgan fingerprint density at radius 2 is 2.14 bits per heavy atom. The number of hydrogen-bond acceptors (Lipinski definition) is 2. The van der Waals surface area contributed by atoms with Crippen molar-refractivity contribution in [1.29, 1.82) is 0 Å². The molecule has 1 aromatic carbocycles. The molecule has 1 fully saturated rings. The van der Waals surface area contributed by atoms with Crippen molar-refractivity contribution in [3.8, 4) is 0 Å². The molecular formula is C16H24FN3O. The SMILES string of the molecule is CC(C)CN(CC1CCCN1)C(=O)Nc1ccc(F)cc1. The summed E-state index contributed by atoms with van der Waals surface area (Å²) in [4.78, 5) is 14.3. The van der Waals surface area contributed by atoms with Gasteiger partial charge in [-0.05, 0) is 49.6 Å². The number of amides is 2. The maximum atomic E-state index is 12.9. The molecule has 21 heavy (non-hydrogen) atoms. The highest BCUT2D eigenvalue weighted by Gasteiger charge is 2.22. The molecule has 1 heterocycles. The van der Waals surface area contributed by atoms with Crippen LogP contribution in [-0.2, 0) is 0 Å². The summed E-state index contributed by atoms with van der Waals surface area (Å²) in [5, 5.41) is 6.26. The van der Waals surface area contributed by atoms with Crippen LogP contribution in [0.25, 0.3) is 0 Å². The molecule has 116 valence electrons. The van der Waals surface area contributed by atoms with E-state index in [9.17, 15) is 9.18 Å². The Morgan fingerprint density at radius 3 is 2.71 bits per heavy atom. The lowest BCUT2D eigenvalue weighted by Gasteiger charge is -2.27. The van der Waals surface area contributed by atoms with Gasteiger partial charge < -0.3 is 15.5 Å². The molecule has 0 aliphatic carbocycles. The summed E-state index contributed by atoms with van der Waals surface area (Å²) in [6.45, 7) is 6.65. The summed E-state index contributed by atoms with van der Waals surface area (Å²) in [5.41, 5.74) is 0.620. The van der Waals surface area contributed by atoms with Crippen LogP contribution in [0.5, 0.6) is 0 Å². The predicted octanol–water partition coefficient (Wildman–Crippen LogP) is 3.07. The molecule has 1 aliphatic heterocycles. The fraction of sp³-hybridized carbons (Fsp3) is 0.562. The standard InChI is InChI=1S/C16H24FN3O/c1-12(2)10-20(11-15-4-3-9-18-15)16(21)19-14-7-5-13(17)6-8-14/h5-8,12,15,18H,3-4,9-11H2,1-2H3,(H,19,21). The van der Waals surface area contributed by atoms with E-state index in [0.29, 0.717) is 30.7 Å². The van der Waals surface area contributed by atoms with Gasteiger partial charge in [0.15, 0.2) is 0 Å². The summed E-state index contributed by atoms with van der Waals surface area (Å²) in [6, 6.07) is 6.11. The number of rotatable bonds is 5. The number of hydrogen-bond donors (Lipinski definition) is 2. The Hall–Kier alpha value is -1.62. The van der Waals surface area contributed by atoms with E-state index >= 15 is 0 Å². The number of carbonyl (C=O) groups is 1. The van der Waals surface area contributed by atoms with Crippen LogP contribution in [0.15, 0.2) is 24.3 Å². The van der Waals surface area contributed by atoms with Crippen molar-refractivity contribution < 1.29 is 9.18 Å². The molecule has 5 heteroatoms. The lowest BCUT2D eigenvalue weighted by atomic mass is 10.1. The van der Waals surface area contributed by atoms with Crippen molar-refractivity contribution in [3.63, 3.8) is 0 Å². The van der Waals surface area contributed by atoms with Crippen molar-refractivity contribution in [3.05, 3.63) is 30.1 Å². The van der Waals surface area contributed by atoms with Crippen molar-refractivity contribution in [1.82, 2.24) is 10.2 Å². The van der Waals surface area contributed by atoms with E-state index in [4.69, 9.17) is 0 Å². The van der Waals surface area contributed by atoms with Gasteiger partial charge in [0.05, 0.1) is 0 Å². The molecule has 1 unspecified atom stereocenters. The highest BCUT2D eigenvalue weighted by molar-refractivity contribution is 5.89. The molecule has 1 aromatic rings. The van der Waals surface area contributed by atoms with Gasteiger partial charge in [0.25, 0.3) is 0 Å². The predicted molar refractivity (Wildman–Crippen MR) is 82.9 cm³/mol. The Kier molecular flexibility index (Phi) is 5.56. The molecule has 1 aliphatic rings. The van der Waals surface area contributed by atoms with Gasteiger partial charge in [0, 0.05) is 24.8 Å². The van der Waals surface area contributed by atoms with Crippen LogP contribution >= 0.6 is 0 Å². The number of nitrogens with zero attached hydrogens (tertiary/aromatic N) is 1. The molecule has 4 nitrogen and oxygen atoms in total. The molecule has 2 N–H and O–H groups in total. The summed E-state index contributed by atoms with van der Waals surface area (Å²) < 4.78 is 12.9. The second kappa shape index (κ2) is 7.41. The Balaban J connectivity index is 1.97. The van der Waals surface area contributed by atoms with E-state index in [1.807, 2.05) is 4.90 Å². The van der Waals surface area contributed by atoms with Crippen LogP contribution in [-0.4, -0.2) is 36.6 Å². The minimum atomic E-state index is -0.304. The molecule has 1 atom stereocenters. The second-order valence-corrected chi connectivity index (χ2v) is 6.03. The molecule has 0 bridgehead atoms. The van der Waals surface area contributed by atoms with Crippen molar-refractivity contribution in [2.24, 2.45) is 5.92 Å². The molecule has 0 aromatic heterocycles. The van der Waals surface area contributed by atoms with E-state index in [-0.39, 0.29) is 11.8 Å². The van der Waals surface area contributed by atoms with E-state index in [0.717, 1.165) is 13.0 Å². The van der Waals surface area contributed by atoms with Crippen molar-refractivity contribution >= 4 is 11.7 Å². The van der Waals surface area contributed by atoms with Crippen molar-refractivity contribution in [2.45, 2.75) is 32.7 Å². The average molecular weight is 293 g/mol. The Morgan fingerprint density at radius 1 is 1.43 bits per heavy atom. The first-order valence-corrected chi connectivity index (χ1v) is 7.59. The fourth-order valence-corrected chi connectivity index (χ4v) is 2.60. The average Bonchev–Trinajstić information content (AvgIpc) is 2.93. The van der Waals surface area contributed by atoms with Crippen LogP contribution in [0.3, 0.4) is 0 Å². The van der Waals surface area contributed by atoms with Gasteiger partial charge in [0.1, 0.15) is 5.82 Å². The van der Waals surface area contributed by atoms with Crippen LogP contribution in [0, 0.1) is 11.7 Å². The highest BCUT2D eigenvalue weighted by Crippen LogP contribution is 2.13. The van der Waals surface area contributed by atoms with Gasteiger partial charge in [-0.2, -0.15) is 0 Å². The number of halogens is 1. The normalized spacial score (nSPS) is 18.0. The summed E-state index contributed by atoms with van der Waals surface area (Å²) >= 11 is 0. The van der Waals surface area contributed by atoms with Crippen LogP contribution in [0.2, 0.25) is 0 Å². The Bertz CT molecular complexity index is 455. The molecule has 2 rings (SSSR count). The second-order valence-electron chi connectivity index (χ2n) is 6.03. The molecule has 2 amide bonds. The number of urea groups is 1.